The van der Waals surface area contributed by atoms with Gasteiger partial charge in [-0.25, -0.2) is 9.59 Å². The lowest BCUT2D eigenvalue weighted by molar-refractivity contribution is -0.134. The van der Waals surface area contributed by atoms with Crippen LogP contribution < -0.4 is 15.4 Å². The number of benzene rings is 2. The largest absolute Gasteiger partial charge is 0.506 e. The van der Waals surface area contributed by atoms with Crippen LogP contribution in [0.4, 0.5) is 5.69 Å². The van der Waals surface area contributed by atoms with Gasteiger partial charge in [-0.15, -0.1) is 0 Å². The van der Waals surface area contributed by atoms with Crippen molar-refractivity contribution >= 4 is 24.0 Å². The maximum absolute atomic E-state index is 10.5. The number of aliphatic hydroxyl groups excluding tert-OH is 1. The van der Waals surface area contributed by atoms with Gasteiger partial charge in [-0.05, 0) is 48.7 Å². The molecule has 0 aliphatic rings. The second-order valence-electron chi connectivity index (χ2n) is 6.93. The number of rotatable bonds is 11. The molecule has 1 amide bonds. The first-order chi connectivity index (χ1) is 15.7. The number of carbonyl (C=O) groups excluding carboxylic acids is 1. The molecule has 2 atom stereocenters. The van der Waals surface area contributed by atoms with Crippen molar-refractivity contribution in [2.24, 2.45) is 0 Å². The zero-order valence-corrected chi connectivity index (χ0v) is 18.8. The number of carboxylic acids is 2. The topological polar surface area (TPSA) is 197 Å². The van der Waals surface area contributed by atoms with Gasteiger partial charge in [0, 0.05) is 24.7 Å². The van der Waals surface area contributed by atoms with Crippen LogP contribution >= 0.6 is 0 Å². The summed E-state index contributed by atoms with van der Waals surface area (Å²) in [5.74, 6) is -1.73. The predicted octanol–water partition coefficient (Wildman–Crippen LogP) is 1.11. The number of ether oxygens (including phenoxy) is 1. The molecule has 2 rings (SSSR count). The van der Waals surface area contributed by atoms with E-state index in [-0.39, 0.29) is 23.0 Å². The highest BCUT2D eigenvalue weighted by Crippen LogP contribution is 2.26. The molecule has 0 aliphatic heterocycles. The van der Waals surface area contributed by atoms with Crippen LogP contribution in [0, 0.1) is 0 Å². The summed E-state index contributed by atoms with van der Waals surface area (Å²) in [4.78, 5) is 29.6. The van der Waals surface area contributed by atoms with Gasteiger partial charge in [-0.2, -0.15) is 0 Å². The van der Waals surface area contributed by atoms with E-state index in [2.05, 4.69) is 10.6 Å². The third kappa shape index (κ3) is 11.6. The monoisotopic (exact) mass is 478 g/mol. The van der Waals surface area contributed by atoms with Crippen molar-refractivity contribution in [2.75, 3.05) is 19.0 Å². The minimum atomic E-state index is -1.26. The molecule has 0 aliphatic carbocycles. The quantitative estimate of drug-likeness (QED) is 0.156. The highest BCUT2D eigenvalue weighted by molar-refractivity contribution is 5.89. The average Bonchev–Trinajstić information content (AvgIpc) is 2.78. The summed E-state index contributed by atoms with van der Waals surface area (Å²) in [5.41, 5.74) is 2.07. The molecule has 0 bridgehead atoms. The van der Waals surface area contributed by atoms with Crippen molar-refractivity contribution in [1.29, 1.82) is 0 Å². The smallest absolute Gasteiger partial charge is 0.328 e. The first kappa shape index (κ1) is 30.1. The Morgan fingerprint density at radius 2 is 1.65 bits per heavy atom. The molecule has 2 aromatic rings. The van der Waals surface area contributed by atoms with E-state index >= 15 is 0 Å². The van der Waals surface area contributed by atoms with Crippen molar-refractivity contribution in [3.63, 3.8) is 0 Å². The first-order valence-electron chi connectivity index (χ1n) is 9.87. The van der Waals surface area contributed by atoms with Crippen molar-refractivity contribution in [3.8, 4) is 11.5 Å². The molecule has 11 nitrogen and oxygen atoms in total. The predicted molar refractivity (Wildman–Crippen MR) is 125 cm³/mol. The van der Waals surface area contributed by atoms with Gasteiger partial charge >= 0.3 is 11.9 Å². The van der Waals surface area contributed by atoms with Crippen LogP contribution in [0.2, 0.25) is 0 Å². The fourth-order valence-corrected chi connectivity index (χ4v) is 2.70. The lowest BCUT2D eigenvalue weighted by Crippen LogP contribution is -2.32. The Balaban J connectivity index is 0.00000104. The number of amides is 1. The van der Waals surface area contributed by atoms with E-state index in [0.717, 1.165) is 12.2 Å². The molecule has 0 aromatic heterocycles. The number of carbonyl (C=O) groups is 3. The Hall–Kier alpha value is -3.93. The molecule has 34 heavy (non-hydrogen) atoms. The summed E-state index contributed by atoms with van der Waals surface area (Å²) < 4.78 is 5.14. The van der Waals surface area contributed by atoms with Crippen molar-refractivity contribution in [2.45, 2.75) is 25.5 Å². The number of hydrogen-bond donors (Lipinski definition) is 6. The molecule has 0 radical (unpaired) electrons. The number of nitrogens with one attached hydrogen (secondary N) is 2. The third-order valence-electron chi connectivity index (χ3n) is 4.35. The zero-order valence-electron chi connectivity index (χ0n) is 18.8. The van der Waals surface area contributed by atoms with Crippen LogP contribution in [0.25, 0.3) is 0 Å². The molecule has 0 spiro atoms. The van der Waals surface area contributed by atoms with Gasteiger partial charge in [-0.3, -0.25) is 4.79 Å². The van der Waals surface area contributed by atoms with Crippen molar-refractivity contribution in [3.05, 3.63) is 65.7 Å². The molecule has 2 aromatic carbocycles. The molecular weight excluding hydrogens is 448 g/mol. The fourth-order valence-electron chi connectivity index (χ4n) is 2.70. The Morgan fingerprint density at radius 1 is 1.06 bits per heavy atom. The average molecular weight is 478 g/mol. The Bertz CT molecular complexity index is 930. The molecular formula is C23H30N2O9. The van der Waals surface area contributed by atoms with Gasteiger partial charge < -0.3 is 41.3 Å². The summed E-state index contributed by atoms with van der Waals surface area (Å²) in [6, 6.07) is 12.7. The van der Waals surface area contributed by atoms with Crippen LogP contribution in [0.3, 0.4) is 0 Å². The molecule has 0 saturated carbocycles. The van der Waals surface area contributed by atoms with E-state index in [1.807, 2.05) is 31.2 Å². The van der Waals surface area contributed by atoms with E-state index in [4.69, 9.17) is 14.9 Å². The highest BCUT2D eigenvalue weighted by atomic mass is 16.5. The maximum atomic E-state index is 10.5. The Labute approximate surface area is 196 Å². The number of aliphatic hydroxyl groups is 1. The molecule has 8 N–H and O–H groups in total. The Morgan fingerprint density at radius 3 is 2.15 bits per heavy atom. The fraction of sp³-hybridized carbons (Fsp3) is 0.261. The van der Waals surface area contributed by atoms with Crippen LogP contribution in [0.1, 0.15) is 24.2 Å². The number of phenolic OH excluding ortho intramolecular Hbond substituents is 1. The van der Waals surface area contributed by atoms with Crippen molar-refractivity contribution in [1.82, 2.24) is 5.32 Å². The summed E-state index contributed by atoms with van der Waals surface area (Å²) in [5, 5.41) is 41.3. The van der Waals surface area contributed by atoms with Gasteiger partial charge in [-0.1, -0.05) is 18.2 Å². The van der Waals surface area contributed by atoms with E-state index in [0.29, 0.717) is 30.7 Å². The number of aromatic hydroxyl groups is 1. The highest BCUT2D eigenvalue weighted by Gasteiger charge is 2.12. The summed E-state index contributed by atoms with van der Waals surface area (Å²) in [6.07, 6.45) is 1.68. The van der Waals surface area contributed by atoms with Gasteiger partial charge in [0.05, 0.1) is 18.9 Å². The van der Waals surface area contributed by atoms with Gasteiger partial charge in [0.2, 0.25) is 6.41 Å². The summed E-state index contributed by atoms with van der Waals surface area (Å²) in [6.45, 7) is 2.41. The minimum absolute atomic E-state index is 0. The van der Waals surface area contributed by atoms with Gasteiger partial charge in [0.1, 0.15) is 11.5 Å². The molecule has 0 fully saturated rings. The Kier molecular flexibility index (Phi) is 14.0. The van der Waals surface area contributed by atoms with E-state index in [1.54, 1.807) is 19.2 Å². The van der Waals surface area contributed by atoms with Crippen LogP contribution in [0.5, 0.6) is 11.5 Å². The summed E-state index contributed by atoms with van der Waals surface area (Å²) in [7, 11) is 1.64. The van der Waals surface area contributed by atoms with Crippen LogP contribution in [-0.2, 0) is 20.8 Å². The van der Waals surface area contributed by atoms with E-state index in [9.17, 15) is 24.6 Å². The number of hydrogen-bond acceptors (Lipinski definition) is 7. The minimum Gasteiger partial charge on any atom is -0.506 e. The van der Waals surface area contributed by atoms with Gasteiger partial charge in [0.25, 0.3) is 0 Å². The number of aliphatic carboxylic acids is 2. The van der Waals surface area contributed by atoms with Gasteiger partial charge in [0.15, 0.2) is 0 Å². The maximum Gasteiger partial charge on any atom is 0.328 e. The zero-order chi connectivity index (χ0) is 24.8. The molecule has 0 saturated heterocycles. The summed E-state index contributed by atoms with van der Waals surface area (Å²) >= 11 is 0. The molecule has 186 valence electrons. The third-order valence-corrected chi connectivity index (χ3v) is 4.35. The van der Waals surface area contributed by atoms with Crippen LogP contribution in [0.15, 0.2) is 54.6 Å². The number of carboxylic acid groups (broad SMARTS) is 2. The second-order valence-corrected chi connectivity index (χ2v) is 6.93. The first-order valence-corrected chi connectivity index (χ1v) is 9.87. The molecule has 2 unspecified atom stereocenters. The second kappa shape index (κ2) is 15.8. The number of phenols is 1. The standard InChI is InChI=1S/C19H24N2O4.C4H4O4.H2O/c1-13(9-14-3-6-16(25-2)7-4-14)20-11-19(24)15-5-8-18(23)17(10-15)21-12-22;5-3(6)1-2-4(7)8;/h3-8,10,12-13,19-20,23-24H,9,11H2,1-2H3,(H,21,22);1-2H,(H,5,6)(H,7,8);1H2. The SMILES string of the molecule is COc1ccc(CC(C)NCC(O)c2ccc(O)c(NC=O)c2)cc1.O.O=C(O)C=CC(=O)O. The number of anilines is 1. The normalized spacial score (nSPS) is 11.9. The number of methoxy groups -OCH3 is 1. The van der Waals surface area contributed by atoms with E-state index < -0.39 is 18.0 Å². The van der Waals surface area contributed by atoms with Crippen molar-refractivity contribution < 1.29 is 45.0 Å². The van der Waals surface area contributed by atoms with E-state index in [1.165, 1.54) is 11.6 Å². The molecule has 0 heterocycles. The lowest BCUT2D eigenvalue weighted by Gasteiger charge is -2.18. The van der Waals surface area contributed by atoms with Crippen LogP contribution in [-0.4, -0.2) is 63.9 Å². The molecule has 11 heteroatoms. The lowest BCUT2D eigenvalue weighted by atomic mass is 10.1.